The predicted molar refractivity (Wildman–Crippen MR) is 199 cm³/mol. The van der Waals surface area contributed by atoms with Crippen molar-refractivity contribution in [1.82, 2.24) is 25.4 Å². The number of unbranched alkanes of at least 4 members (excludes halogenated alkanes) is 2. The summed E-state index contributed by atoms with van der Waals surface area (Å²) in [5.41, 5.74) is 0.906. The van der Waals surface area contributed by atoms with Gasteiger partial charge in [0.1, 0.15) is 18.5 Å². The highest BCUT2D eigenvalue weighted by atomic mass is 32.1. The topological polar surface area (TPSA) is 154 Å². The van der Waals surface area contributed by atoms with E-state index in [0.717, 1.165) is 35.0 Å². The van der Waals surface area contributed by atoms with Crippen molar-refractivity contribution in [3.8, 4) is 17.0 Å². The molecule has 3 aromatic rings. The maximum atomic E-state index is 15.3. The minimum atomic E-state index is -1.14. The summed E-state index contributed by atoms with van der Waals surface area (Å²) in [6.07, 6.45) is 2.61. The van der Waals surface area contributed by atoms with Crippen LogP contribution in [0, 0.1) is 17.5 Å². The maximum absolute atomic E-state index is 15.3. The summed E-state index contributed by atoms with van der Waals surface area (Å²) in [7, 11) is 0. The summed E-state index contributed by atoms with van der Waals surface area (Å²) in [4.78, 5) is 74.1. The number of amides is 5. The number of hydrogen-bond acceptors (Lipinski definition) is 12. The number of nitrogens with zero attached hydrogens (tertiary/aromatic N) is 5. The largest absolute Gasteiger partial charge is 0.488 e. The third kappa shape index (κ3) is 8.36. The van der Waals surface area contributed by atoms with Crippen LogP contribution in [-0.2, 0) is 19.1 Å². The zero-order valence-electron chi connectivity index (χ0n) is 30.6. The molecule has 5 amide bonds. The number of ether oxygens (including phenoxy) is 2. The van der Waals surface area contributed by atoms with E-state index in [-0.39, 0.29) is 47.9 Å². The lowest BCUT2D eigenvalue weighted by molar-refractivity contribution is -0.136. The molecule has 1 unspecified atom stereocenters. The third-order valence-corrected chi connectivity index (χ3v) is 11.3. The van der Waals surface area contributed by atoms with Gasteiger partial charge in [-0.1, -0.05) is 6.42 Å². The lowest BCUT2D eigenvalue weighted by Gasteiger charge is -2.36. The lowest BCUT2D eigenvalue weighted by atomic mass is 10.0. The molecule has 3 saturated heterocycles. The van der Waals surface area contributed by atoms with Crippen molar-refractivity contribution in [3.05, 3.63) is 58.2 Å². The molecule has 3 fully saturated rings. The van der Waals surface area contributed by atoms with E-state index in [0.29, 0.717) is 89.7 Å². The fourth-order valence-corrected chi connectivity index (χ4v) is 8.17. The predicted octanol–water partition coefficient (Wildman–Crippen LogP) is 3.34. The van der Waals surface area contributed by atoms with Crippen molar-refractivity contribution in [3.63, 3.8) is 0 Å². The number of piperidine rings is 1. The van der Waals surface area contributed by atoms with Gasteiger partial charge in [-0.15, -0.1) is 11.3 Å². The average molecular weight is 798 g/mol. The van der Waals surface area contributed by atoms with Gasteiger partial charge in [0, 0.05) is 69.6 Å². The molecule has 2 aromatic carbocycles. The Kier molecular flexibility index (Phi) is 12.2. The van der Waals surface area contributed by atoms with Gasteiger partial charge < -0.3 is 29.5 Å². The number of anilines is 2. The molecule has 14 nitrogen and oxygen atoms in total. The van der Waals surface area contributed by atoms with Gasteiger partial charge in [-0.3, -0.25) is 34.2 Å². The number of nitrogens with one attached hydrogen (secondary N) is 2. The molecular weight excluding hydrogens is 756 g/mol. The van der Waals surface area contributed by atoms with Crippen LogP contribution >= 0.6 is 11.3 Å². The molecule has 4 aliphatic heterocycles. The number of carbonyl (C=O) groups is 5. The number of aromatic nitrogens is 1. The highest BCUT2D eigenvalue weighted by molar-refractivity contribution is 7.14. The van der Waals surface area contributed by atoms with Gasteiger partial charge in [0.05, 0.1) is 35.7 Å². The van der Waals surface area contributed by atoms with Gasteiger partial charge in [-0.25, -0.2) is 13.8 Å². The average Bonchev–Trinajstić information content (AvgIpc) is 3.78. The van der Waals surface area contributed by atoms with Crippen LogP contribution in [0.25, 0.3) is 11.3 Å². The third-order valence-electron chi connectivity index (χ3n) is 10.3. The Bertz CT molecular complexity index is 2000. The Morgan fingerprint density at radius 3 is 2.39 bits per heavy atom. The second-order valence-electron chi connectivity index (χ2n) is 13.9. The van der Waals surface area contributed by atoms with Gasteiger partial charge in [0.2, 0.25) is 23.5 Å². The number of morpholine rings is 1. The van der Waals surface area contributed by atoms with Crippen molar-refractivity contribution in [1.29, 1.82) is 0 Å². The molecule has 7 rings (SSSR count). The monoisotopic (exact) mass is 797 g/mol. The fourth-order valence-electron chi connectivity index (χ4n) is 7.29. The fraction of sp³-hybridized carbons (Fsp3) is 0.474. The van der Waals surface area contributed by atoms with Gasteiger partial charge in [-0.05, 0) is 50.1 Å². The summed E-state index contributed by atoms with van der Waals surface area (Å²) < 4.78 is 55.4. The number of imide groups is 2. The van der Waals surface area contributed by atoms with Crippen LogP contribution < -0.4 is 25.2 Å². The number of fused-ring (bicyclic) bond motifs is 1. The van der Waals surface area contributed by atoms with Crippen molar-refractivity contribution in [2.24, 2.45) is 0 Å². The molecule has 18 heteroatoms. The smallest absolute Gasteiger partial charge is 0.262 e. The summed E-state index contributed by atoms with van der Waals surface area (Å²) in [5.74, 6) is -5.63. The molecule has 298 valence electrons. The van der Waals surface area contributed by atoms with Crippen LogP contribution in [0.5, 0.6) is 5.75 Å². The quantitative estimate of drug-likeness (QED) is 0.183. The van der Waals surface area contributed by atoms with E-state index >= 15 is 4.39 Å². The summed E-state index contributed by atoms with van der Waals surface area (Å²) in [5, 5.41) is 7.97. The van der Waals surface area contributed by atoms with E-state index in [1.54, 1.807) is 15.2 Å². The first-order valence-electron chi connectivity index (χ1n) is 18.8. The van der Waals surface area contributed by atoms with Crippen molar-refractivity contribution in [2.75, 3.05) is 82.0 Å². The van der Waals surface area contributed by atoms with Crippen LogP contribution in [0.2, 0.25) is 0 Å². The van der Waals surface area contributed by atoms with E-state index in [2.05, 4.69) is 20.5 Å². The number of hydrogen-bond donors (Lipinski definition) is 2. The highest BCUT2D eigenvalue weighted by Crippen LogP contribution is 2.37. The highest BCUT2D eigenvalue weighted by Gasteiger charge is 2.45. The Balaban J connectivity index is 0.808. The number of halogens is 3. The Labute approximate surface area is 324 Å². The molecule has 0 radical (unpaired) electrons. The van der Waals surface area contributed by atoms with Crippen molar-refractivity contribution < 1.29 is 46.6 Å². The molecule has 1 atom stereocenters. The first-order chi connectivity index (χ1) is 27.1. The number of piperazine rings is 1. The first kappa shape index (κ1) is 39.2. The lowest BCUT2D eigenvalue weighted by Crippen LogP contribution is -2.54. The molecular formula is C38H42F3N7O7S. The second kappa shape index (κ2) is 17.4. The van der Waals surface area contributed by atoms with E-state index in [1.807, 2.05) is 0 Å². The first-order valence-corrected chi connectivity index (χ1v) is 19.7. The van der Waals surface area contributed by atoms with E-state index in [1.165, 1.54) is 23.5 Å². The summed E-state index contributed by atoms with van der Waals surface area (Å²) in [6.45, 7) is 5.18. The van der Waals surface area contributed by atoms with Crippen LogP contribution in [-0.4, -0.2) is 123 Å². The molecule has 0 aliphatic carbocycles. The van der Waals surface area contributed by atoms with Gasteiger partial charge in [0.15, 0.2) is 16.7 Å². The zero-order valence-corrected chi connectivity index (χ0v) is 31.4. The molecule has 0 spiro atoms. The van der Waals surface area contributed by atoms with Crippen LogP contribution in [0.15, 0.2) is 29.6 Å². The molecule has 4 aliphatic rings. The zero-order chi connectivity index (χ0) is 39.3. The summed E-state index contributed by atoms with van der Waals surface area (Å²) in [6, 6.07) is 3.75. The maximum Gasteiger partial charge on any atom is 0.262 e. The Morgan fingerprint density at radius 2 is 1.64 bits per heavy atom. The normalized spacial score (nSPS) is 18.8. The molecule has 5 heterocycles. The number of carbonyl (C=O) groups excluding carboxylic acids is 5. The van der Waals surface area contributed by atoms with E-state index in [4.69, 9.17) is 9.47 Å². The standard InChI is InChI=1S/C38H42F3N7O7S/c39-26-6-5-23(28-22-56-38(43-28)47-15-18-54-19-16-47)34(33(26)41)55-17-10-42-9-3-1-2-4-32(50)46-13-11-45(12-14-46)30-21-25-24(20-27(30)40)36(52)48(37(25)53)29-7-8-31(49)44-35(29)51/h5-6,20-22,29,42H,1-4,7-19H2,(H,44,49,51). The van der Waals surface area contributed by atoms with E-state index in [9.17, 15) is 32.8 Å². The summed E-state index contributed by atoms with van der Waals surface area (Å²) >= 11 is 1.43. The number of rotatable bonds is 14. The minimum Gasteiger partial charge on any atom is -0.488 e. The Morgan fingerprint density at radius 1 is 0.893 bits per heavy atom. The van der Waals surface area contributed by atoms with Crippen LogP contribution in [0.3, 0.4) is 0 Å². The molecule has 0 saturated carbocycles. The van der Waals surface area contributed by atoms with Gasteiger partial charge >= 0.3 is 0 Å². The van der Waals surface area contributed by atoms with Gasteiger partial charge in [-0.2, -0.15) is 4.39 Å². The number of thiazole rings is 1. The van der Waals surface area contributed by atoms with Crippen LogP contribution in [0.4, 0.5) is 24.0 Å². The SMILES string of the molecule is O=C1CCC(N2C(=O)c3cc(F)c(N4CCN(C(=O)CCCCCNCCOc5c(-c6csc(N7CCOCC7)n6)ccc(F)c5F)CC4)cc3C2=O)C(=O)N1. The molecule has 0 bridgehead atoms. The van der Waals surface area contributed by atoms with Crippen molar-refractivity contribution in [2.45, 2.75) is 44.6 Å². The van der Waals surface area contributed by atoms with E-state index < -0.39 is 47.1 Å². The minimum absolute atomic E-state index is 0.00348. The van der Waals surface area contributed by atoms with Crippen molar-refractivity contribution >= 4 is 51.7 Å². The second-order valence-corrected chi connectivity index (χ2v) is 14.8. The number of benzene rings is 2. The van der Waals surface area contributed by atoms with Gasteiger partial charge in [0.25, 0.3) is 11.8 Å². The molecule has 1 aromatic heterocycles. The molecule has 2 N–H and O–H groups in total. The Hall–Kier alpha value is -5.07. The molecule has 56 heavy (non-hydrogen) atoms. The van der Waals surface area contributed by atoms with Crippen LogP contribution in [0.1, 0.15) is 59.2 Å².